The van der Waals surface area contributed by atoms with E-state index in [0.717, 1.165) is 11.4 Å². The van der Waals surface area contributed by atoms with Crippen LogP contribution in [0.15, 0.2) is 42.9 Å². The number of benzene rings is 1. The van der Waals surface area contributed by atoms with Crippen LogP contribution >= 0.6 is 0 Å². The first-order chi connectivity index (χ1) is 12.9. The molecule has 0 radical (unpaired) electrons. The van der Waals surface area contributed by atoms with E-state index in [-0.39, 0.29) is 5.92 Å². The van der Waals surface area contributed by atoms with Crippen molar-refractivity contribution in [3.8, 4) is 5.69 Å². The Balaban J connectivity index is 1.96. The highest BCUT2D eigenvalue weighted by molar-refractivity contribution is 5.77. The summed E-state index contributed by atoms with van der Waals surface area (Å²) in [5.41, 5.74) is 1.99. The number of aromatic nitrogens is 2. The summed E-state index contributed by atoms with van der Waals surface area (Å²) in [4.78, 5) is 27.1. The van der Waals surface area contributed by atoms with Gasteiger partial charge in [0.1, 0.15) is 12.1 Å². The van der Waals surface area contributed by atoms with Gasteiger partial charge in [0.05, 0.1) is 6.33 Å². The molecule has 0 aliphatic rings. The Morgan fingerprint density at radius 2 is 1.78 bits per heavy atom. The molecular formula is C20H27N3O4. The summed E-state index contributed by atoms with van der Waals surface area (Å²) in [7, 11) is 0. The van der Waals surface area contributed by atoms with Crippen molar-refractivity contribution in [3.63, 3.8) is 0 Å². The molecule has 1 heterocycles. The van der Waals surface area contributed by atoms with Gasteiger partial charge in [0.25, 0.3) is 0 Å². The largest absolute Gasteiger partial charge is 0.480 e. The highest BCUT2D eigenvalue weighted by Crippen LogP contribution is 2.14. The fourth-order valence-corrected chi connectivity index (χ4v) is 3.05. The Morgan fingerprint density at radius 3 is 2.37 bits per heavy atom. The molecule has 0 fully saturated rings. The molecule has 0 spiro atoms. The molecule has 1 aromatic heterocycles. The quantitative estimate of drug-likeness (QED) is 0.559. The van der Waals surface area contributed by atoms with Gasteiger partial charge in [0, 0.05) is 17.6 Å². The average Bonchev–Trinajstić information content (AvgIpc) is 3.08. The maximum Gasteiger partial charge on any atom is 0.320 e. The summed E-state index contributed by atoms with van der Waals surface area (Å²) in [6, 6.07) is 8.05. The van der Waals surface area contributed by atoms with Gasteiger partial charge in [0.2, 0.25) is 0 Å². The lowest BCUT2D eigenvalue weighted by atomic mass is 10.0. The molecule has 7 heteroatoms. The van der Waals surface area contributed by atoms with Crippen LogP contribution in [0.2, 0.25) is 0 Å². The van der Waals surface area contributed by atoms with E-state index in [4.69, 9.17) is 0 Å². The fourth-order valence-electron chi connectivity index (χ4n) is 3.05. The molecule has 27 heavy (non-hydrogen) atoms. The number of rotatable bonds is 11. The molecule has 0 aliphatic carbocycles. The van der Waals surface area contributed by atoms with E-state index < -0.39 is 24.0 Å². The number of hydrogen-bond acceptors (Lipinski definition) is 4. The smallest absolute Gasteiger partial charge is 0.320 e. The predicted octanol–water partition coefficient (Wildman–Crippen LogP) is 2.74. The Hall–Kier alpha value is -2.67. The van der Waals surface area contributed by atoms with Gasteiger partial charge in [-0.15, -0.1) is 0 Å². The number of para-hydroxylation sites is 1. The van der Waals surface area contributed by atoms with Gasteiger partial charge in [-0.05, 0) is 43.7 Å². The van der Waals surface area contributed by atoms with Gasteiger partial charge in [-0.2, -0.15) is 0 Å². The molecule has 2 rings (SSSR count). The van der Waals surface area contributed by atoms with Crippen molar-refractivity contribution >= 4 is 11.9 Å². The third kappa shape index (κ3) is 6.21. The number of carboxylic acid groups (broad SMARTS) is 2. The van der Waals surface area contributed by atoms with Crippen LogP contribution < -0.4 is 5.32 Å². The van der Waals surface area contributed by atoms with Crippen molar-refractivity contribution in [1.29, 1.82) is 0 Å². The predicted molar refractivity (Wildman–Crippen MR) is 102 cm³/mol. The zero-order valence-electron chi connectivity index (χ0n) is 15.7. The van der Waals surface area contributed by atoms with Crippen molar-refractivity contribution in [2.24, 2.45) is 5.92 Å². The number of nitrogens with zero attached hydrogens (tertiary/aromatic N) is 2. The molecule has 1 aromatic carbocycles. The van der Waals surface area contributed by atoms with E-state index >= 15 is 0 Å². The topological polar surface area (TPSA) is 104 Å². The van der Waals surface area contributed by atoms with Crippen molar-refractivity contribution in [3.05, 3.63) is 48.5 Å². The summed E-state index contributed by atoms with van der Waals surface area (Å²) in [5, 5.41) is 21.6. The Labute approximate surface area is 159 Å². The monoisotopic (exact) mass is 373 g/mol. The number of aryl methyl sites for hydroxylation is 1. The van der Waals surface area contributed by atoms with Crippen molar-refractivity contribution in [2.75, 3.05) is 0 Å². The number of carboxylic acids is 2. The number of carbonyl (C=O) groups is 2. The van der Waals surface area contributed by atoms with Crippen LogP contribution in [0.4, 0.5) is 0 Å². The minimum absolute atomic E-state index is 0.160. The highest BCUT2D eigenvalue weighted by Gasteiger charge is 2.26. The Morgan fingerprint density at radius 1 is 1.11 bits per heavy atom. The van der Waals surface area contributed by atoms with Crippen molar-refractivity contribution in [1.82, 2.24) is 14.9 Å². The van der Waals surface area contributed by atoms with Crippen LogP contribution in [0.3, 0.4) is 0 Å². The lowest BCUT2D eigenvalue weighted by molar-refractivity contribution is -0.143. The van der Waals surface area contributed by atoms with Gasteiger partial charge in [-0.1, -0.05) is 32.0 Å². The van der Waals surface area contributed by atoms with E-state index in [0.29, 0.717) is 25.7 Å². The number of imidazole rings is 1. The minimum Gasteiger partial charge on any atom is -0.480 e. The number of aliphatic carboxylic acids is 2. The van der Waals surface area contributed by atoms with Crippen LogP contribution in [0.1, 0.15) is 38.8 Å². The van der Waals surface area contributed by atoms with E-state index in [1.165, 1.54) is 0 Å². The standard InChI is InChI=1S/C20H27N3O4/c1-14(2)11-18(20(26)27)22-17(19(24)25)10-6-9-16-12-21-13-23(16)15-7-4-3-5-8-15/h3-5,7-8,12-14,17-18,22H,6,9-11H2,1-2H3,(H,24,25)(H,26,27). The second-order valence-corrected chi connectivity index (χ2v) is 7.06. The van der Waals surface area contributed by atoms with Crippen LogP contribution in [-0.4, -0.2) is 43.8 Å². The summed E-state index contributed by atoms with van der Waals surface area (Å²) >= 11 is 0. The molecule has 0 saturated carbocycles. The summed E-state index contributed by atoms with van der Waals surface area (Å²) in [6.45, 7) is 3.83. The van der Waals surface area contributed by atoms with Crippen LogP contribution in [-0.2, 0) is 16.0 Å². The average molecular weight is 373 g/mol. The zero-order chi connectivity index (χ0) is 19.8. The van der Waals surface area contributed by atoms with E-state index in [1.54, 1.807) is 12.5 Å². The van der Waals surface area contributed by atoms with Crippen molar-refractivity contribution in [2.45, 2.75) is 51.6 Å². The summed E-state index contributed by atoms with van der Waals surface area (Å²) < 4.78 is 1.97. The van der Waals surface area contributed by atoms with E-state index in [9.17, 15) is 19.8 Å². The zero-order valence-corrected chi connectivity index (χ0v) is 15.7. The fraction of sp³-hybridized carbons (Fsp3) is 0.450. The summed E-state index contributed by atoms with van der Waals surface area (Å²) in [5.74, 6) is -1.88. The molecule has 3 N–H and O–H groups in total. The van der Waals surface area contributed by atoms with Gasteiger partial charge in [0.15, 0.2) is 0 Å². The lowest BCUT2D eigenvalue weighted by Crippen LogP contribution is -2.47. The number of nitrogens with one attached hydrogen (secondary N) is 1. The first-order valence-electron chi connectivity index (χ1n) is 9.16. The third-order valence-electron chi connectivity index (χ3n) is 4.38. The second-order valence-electron chi connectivity index (χ2n) is 7.06. The van der Waals surface area contributed by atoms with E-state index in [1.807, 2.05) is 48.7 Å². The molecule has 7 nitrogen and oxygen atoms in total. The Kier molecular flexibility index (Phi) is 7.55. The molecule has 0 bridgehead atoms. The third-order valence-corrected chi connectivity index (χ3v) is 4.38. The number of hydrogen-bond donors (Lipinski definition) is 3. The molecule has 0 amide bonds. The highest BCUT2D eigenvalue weighted by atomic mass is 16.4. The second kappa shape index (κ2) is 9.87. The normalized spacial score (nSPS) is 13.4. The van der Waals surface area contributed by atoms with Gasteiger partial charge >= 0.3 is 11.9 Å². The van der Waals surface area contributed by atoms with Crippen molar-refractivity contribution < 1.29 is 19.8 Å². The van der Waals surface area contributed by atoms with Gasteiger partial charge < -0.3 is 14.8 Å². The first-order valence-corrected chi connectivity index (χ1v) is 9.16. The summed E-state index contributed by atoms with van der Waals surface area (Å²) in [6.07, 6.45) is 5.51. The molecule has 0 saturated heterocycles. The van der Waals surface area contributed by atoms with Crippen LogP contribution in [0.25, 0.3) is 5.69 Å². The molecule has 146 valence electrons. The molecule has 0 aliphatic heterocycles. The molecule has 2 atom stereocenters. The SMILES string of the molecule is CC(C)CC(NC(CCCc1cncn1-c1ccccc1)C(=O)O)C(=O)O. The van der Waals surface area contributed by atoms with Gasteiger partial charge in [-0.3, -0.25) is 14.9 Å². The maximum atomic E-state index is 11.6. The molecule has 2 aromatic rings. The minimum atomic E-state index is -1.03. The van der Waals surface area contributed by atoms with Crippen LogP contribution in [0, 0.1) is 5.92 Å². The lowest BCUT2D eigenvalue weighted by Gasteiger charge is -2.21. The maximum absolute atomic E-state index is 11.6. The Bertz CT molecular complexity index is 743. The molecule has 2 unspecified atom stereocenters. The van der Waals surface area contributed by atoms with Crippen LogP contribution in [0.5, 0.6) is 0 Å². The first kappa shape index (κ1) is 20.6. The van der Waals surface area contributed by atoms with E-state index in [2.05, 4.69) is 10.3 Å². The van der Waals surface area contributed by atoms with Gasteiger partial charge in [-0.25, -0.2) is 4.98 Å². The molecular weight excluding hydrogens is 346 g/mol.